The molecule has 1 N–H and O–H groups in total. The van der Waals surface area contributed by atoms with Crippen LogP contribution in [0.3, 0.4) is 0 Å². The maximum Gasteiger partial charge on any atom is 0.346 e. The molecule has 10 heteroatoms. The molecule has 230 valence electrons. The Labute approximate surface area is 266 Å². The third kappa shape index (κ3) is 9.70. The van der Waals surface area contributed by atoms with Crippen LogP contribution in [-0.2, 0) is 22.2 Å². The average molecular weight is 647 g/mol. The van der Waals surface area contributed by atoms with Crippen LogP contribution in [0.15, 0.2) is 60.7 Å². The van der Waals surface area contributed by atoms with Gasteiger partial charge in [0.25, 0.3) is 5.91 Å². The summed E-state index contributed by atoms with van der Waals surface area (Å²) >= 11 is 8.88. The number of hydrogen-bond donors (Lipinski definition) is 1. The van der Waals surface area contributed by atoms with Crippen LogP contribution < -0.4 is 5.32 Å². The molecule has 0 spiro atoms. The summed E-state index contributed by atoms with van der Waals surface area (Å²) in [4.78, 5) is 28.1. The molecule has 1 heterocycles. The maximum atomic E-state index is 14.1. The number of nitrogens with one attached hydrogen (secondary N) is 1. The van der Waals surface area contributed by atoms with Crippen molar-refractivity contribution in [3.63, 3.8) is 0 Å². The van der Waals surface area contributed by atoms with E-state index in [0.717, 1.165) is 59.2 Å². The smallest absolute Gasteiger partial charge is 0.345 e. The number of thioether (sulfide) groups is 2. The number of rotatable bonds is 13. The summed E-state index contributed by atoms with van der Waals surface area (Å²) in [6.45, 7) is 3.73. The van der Waals surface area contributed by atoms with Gasteiger partial charge in [0.15, 0.2) is 0 Å². The topological polar surface area (TPSA) is 58.6 Å². The number of carbonyl (C=O) groups is 2. The van der Waals surface area contributed by atoms with E-state index in [1.54, 1.807) is 17.8 Å². The van der Waals surface area contributed by atoms with Crippen LogP contribution >= 0.6 is 35.4 Å². The van der Waals surface area contributed by atoms with E-state index in [-0.39, 0.29) is 0 Å². The number of aryl methyl sites for hydroxylation is 1. The van der Waals surface area contributed by atoms with Crippen LogP contribution in [0.25, 0.3) is 11.1 Å². The molecule has 1 unspecified atom stereocenters. The molecular formula is C33H37ClF2N2O3S2. The number of benzene rings is 3. The van der Waals surface area contributed by atoms with Crippen molar-refractivity contribution < 1.29 is 22.7 Å². The summed E-state index contributed by atoms with van der Waals surface area (Å²) < 4.78 is 32.5. The van der Waals surface area contributed by atoms with E-state index in [4.69, 9.17) is 11.9 Å². The zero-order chi connectivity index (χ0) is 30.8. The molecule has 1 aliphatic rings. The molecule has 0 bridgehead atoms. The van der Waals surface area contributed by atoms with Crippen LogP contribution in [0.5, 0.6) is 0 Å². The fraction of sp³-hybridized carbons (Fsp3) is 0.394. The average Bonchev–Trinajstić information content (AvgIpc) is 2.99. The third-order valence-corrected chi connectivity index (χ3v) is 9.48. The van der Waals surface area contributed by atoms with Gasteiger partial charge in [0.1, 0.15) is 29.5 Å². The van der Waals surface area contributed by atoms with Crippen LogP contribution in [0.1, 0.15) is 46.3 Å². The number of hydrogen-bond acceptors (Lipinski definition) is 6. The van der Waals surface area contributed by atoms with Crippen molar-refractivity contribution in [1.82, 2.24) is 10.2 Å². The highest BCUT2D eigenvalue weighted by molar-refractivity contribution is 7.99. The van der Waals surface area contributed by atoms with Crippen molar-refractivity contribution in [3.05, 3.63) is 94.6 Å². The van der Waals surface area contributed by atoms with Gasteiger partial charge in [-0.1, -0.05) is 30.3 Å². The Morgan fingerprint density at radius 3 is 2.40 bits per heavy atom. The Hall–Kier alpha value is -2.59. The van der Waals surface area contributed by atoms with E-state index in [0.29, 0.717) is 42.3 Å². The third-order valence-electron chi connectivity index (χ3n) is 7.63. The van der Waals surface area contributed by atoms with Gasteiger partial charge >= 0.3 is 5.97 Å². The van der Waals surface area contributed by atoms with E-state index in [2.05, 4.69) is 14.5 Å². The van der Waals surface area contributed by atoms with Crippen molar-refractivity contribution in [2.75, 3.05) is 30.1 Å². The standard InChI is InChI=1S/C33H37ClF2N2O3S2/c1-22-5-3-4-6-28(22)30-17-24(7-8-29(30)32(39)37-31(11-12-42-2)33(40)41-34)20-38(19-23-9-13-43-14-10-23)21-25-15-26(35)18-27(36)16-25/h3-8,15-18,23,31H,9-14,19-21H2,1-2H3,(H,37,39). The van der Waals surface area contributed by atoms with E-state index < -0.39 is 29.6 Å². The largest absolute Gasteiger partial charge is 0.346 e. The Kier molecular flexibility index (Phi) is 12.8. The SMILES string of the molecule is CSCCC(NC(=O)c1ccc(CN(Cc2cc(F)cc(F)c2)CC2CCSCC2)cc1-c1ccccc1C)C(=O)OCl. The fourth-order valence-electron chi connectivity index (χ4n) is 5.46. The van der Waals surface area contributed by atoms with Gasteiger partial charge in [-0.2, -0.15) is 23.5 Å². The number of nitrogens with zero attached hydrogens (tertiary/aromatic N) is 1. The number of halogens is 3. The molecular weight excluding hydrogens is 610 g/mol. The summed E-state index contributed by atoms with van der Waals surface area (Å²) in [6, 6.07) is 16.3. The van der Waals surface area contributed by atoms with Crippen LogP contribution in [0, 0.1) is 24.5 Å². The molecule has 4 rings (SSSR count). The fourth-order valence-corrected chi connectivity index (χ4v) is 7.24. The van der Waals surface area contributed by atoms with Crippen molar-refractivity contribution in [1.29, 1.82) is 0 Å². The lowest BCUT2D eigenvalue weighted by Crippen LogP contribution is -2.41. The Balaban J connectivity index is 1.66. The van der Waals surface area contributed by atoms with Gasteiger partial charge in [-0.05, 0) is 108 Å². The highest BCUT2D eigenvalue weighted by atomic mass is 35.5. The van der Waals surface area contributed by atoms with E-state index in [9.17, 15) is 18.4 Å². The minimum absolute atomic E-state index is 0.381. The van der Waals surface area contributed by atoms with Gasteiger partial charge in [0.2, 0.25) is 0 Å². The molecule has 0 radical (unpaired) electrons. The summed E-state index contributed by atoms with van der Waals surface area (Å²) in [5.74, 6) is 1.09. The molecule has 0 aliphatic carbocycles. The zero-order valence-corrected chi connectivity index (χ0v) is 26.8. The minimum atomic E-state index is -0.877. The first-order chi connectivity index (χ1) is 20.8. The van der Waals surface area contributed by atoms with Gasteiger partial charge < -0.3 is 9.61 Å². The lowest BCUT2D eigenvalue weighted by atomic mass is 9.93. The lowest BCUT2D eigenvalue weighted by Gasteiger charge is -2.30. The summed E-state index contributed by atoms with van der Waals surface area (Å²) in [5, 5.41) is 2.81. The van der Waals surface area contributed by atoms with Crippen molar-refractivity contribution in [2.24, 2.45) is 5.92 Å². The quantitative estimate of drug-likeness (QED) is 0.206. The lowest BCUT2D eigenvalue weighted by molar-refractivity contribution is -0.136. The molecule has 5 nitrogen and oxygen atoms in total. The van der Waals surface area contributed by atoms with Crippen molar-refractivity contribution >= 4 is 47.3 Å². The van der Waals surface area contributed by atoms with Crippen LogP contribution in [0.4, 0.5) is 8.78 Å². The van der Waals surface area contributed by atoms with Gasteiger partial charge in [-0.3, -0.25) is 9.69 Å². The molecule has 43 heavy (non-hydrogen) atoms. The van der Waals surface area contributed by atoms with Gasteiger partial charge in [-0.15, -0.1) is 0 Å². The van der Waals surface area contributed by atoms with Gasteiger partial charge in [-0.25, -0.2) is 13.6 Å². The second kappa shape index (κ2) is 16.5. The normalized spacial score (nSPS) is 14.5. The molecule has 1 fully saturated rings. The summed E-state index contributed by atoms with van der Waals surface area (Å²) in [6.07, 6.45) is 4.51. The van der Waals surface area contributed by atoms with Crippen molar-refractivity contribution in [2.45, 2.75) is 45.3 Å². The molecule has 3 aromatic rings. The zero-order valence-electron chi connectivity index (χ0n) is 24.4. The molecule has 1 aliphatic heterocycles. The highest BCUT2D eigenvalue weighted by Crippen LogP contribution is 2.30. The first-order valence-electron chi connectivity index (χ1n) is 14.3. The monoisotopic (exact) mass is 646 g/mol. The predicted octanol–water partition coefficient (Wildman–Crippen LogP) is 7.63. The first kappa shape index (κ1) is 33.3. The van der Waals surface area contributed by atoms with E-state index in [1.165, 1.54) is 12.1 Å². The van der Waals surface area contributed by atoms with Gasteiger partial charge in [0.05, 0.1) is 0 Å². The molecule has 0 saturated carbocycles. The van der Waals surface area contributed by atoms with Crippen molar-refractivity contribution in [3.8, 4) is 11.1 Å². The Morgan fingerprint density at radius 2 is 1.72 bits per heavy atom. The summed E-state index contributed by atoms with van der Waals surface area (Å²) in [7, 11) is 0. The maximum absolute atomic E-state index is 14.1. The van der Waals surface area contributed by atoms with Gasteiger partial charge in [0, 0.05) is 31.3 Å². The Bertz CT molecular complexity index is 1380. The first-order valence-corrected chi connectivity index (χ1v) is 17.2. The molecule has 0 aromatic heterocycles. The molecule has 3 aromatic carbocycles. The second-order valence-corrected chi connectivity index (χ2v) is 13.3. The van der Waals surface area contributed by atoms with Crippen LogP contribution in [-0.4, -0.2) is 52.9 Å². The van der Waals surface area contributed by atoms with E-state index >= 15 is 0 Å². The van der Waals surface area contributed by atoms with E-state index in [1.807, 2.05) is 61.3 Å². The molecule has 1 atom stereocenters. The highest BCUT2D eigenvalue weighted by Gasteiger charge is 2.25. The number of amides is 1. The second-order valence-electron chi connectivity index (χ2n) is 10.9. The summed E-state index contributed by atoms with van der Waals surface area (Å²) in [5.41, 5.74) is 4.62. The molecule has 1 amide bonds. The molecule has 1 saturated heterocycles. The minimum Gasteiger partial charge on any atom is -0.345 e. The van der Waals surface area contributed by atoms with Crippen LogP contribution in [0.2, 0.25) is 0 Å². The predicted molar refractivity (Wildman–Crippen MR) is 173 cm³/mol. The Morgan fingerprint density at radius 1 is 1.02 bits per heavy atom. The number of carbonyl (C=O) groups excluding carboxylic acids is 2.